The molecular weight excluding hydrogens is 373 g/mol. The van der Waals surface area contributed by atoms with E-state index in [0.717, 1.165) is 19.0 Å². The Morgan fingerprint density at radius 1 is 1.19 bits per heavy atom. The maximum Gasteiger partial charge on any atom is 0.191 e. The molecule has 2 N–H and O–H groups in total. The number of guanidine groups is 1. The Hall–Kier alpha value is -0.780. The molecule has 2 rings (SSSR count). The summed E-state index contributed by atoms with van der Waals surface area (Å²) in [4.78, 5) is 4.65. The number of halogens is 1. The molecule has 0 spiro atoms. The minimum atomic E-state index is 0. The van der Waals surface area contributed by atoms with Crippen LogP contribution in [0.25, 0.3) is 0 Å². The van der Waals surface area contributed by atoms with Crippen molar-refractivity contribution in [3.63, 3.8) is 0 Å². The first-order chi connectivity index (χ1) is 9.49. The fraction of sp³-hybridized carbons (Fsp3) is 0.588. The molecule has 21 heavy (non-hydrogen) atoms. The van der Waals surface area contributed by atoms with Gasteiger partial charge in [-0.15, -0.1) is 24.0 Å². The molecule has 118 valence electrons. The van der Waals surface area contributed by atoms with E-state index >= 15 is 0 Å². The van der Waals surface area contributed by atoms with E-state index < -0.39 is 0 Å². The molecule has 0 saturated heterocycles. The van der Waals surface area contributed by atoms with Crippen molar-refractivity contribution in [3.05, 3.63) is 35.4 Å². The summed E-state index contributed by atoms with van der Waals surface area (Å²) in [6, 6.07) is 9.43. The van der Waals surface area contributed by atoms with Crippen molar-refractivity contribution < 1.29 is 0 Å². The lowest BCUT2D eigenvalue weighted by molar-refractivity contribution is 0.590. The van der Waals surface area contributed by atoms with Crippen LogP contribution in [-0.2, 0) is 12.0 Å². The van der Waals surface area contributed by atoms with Gasteiger partial charge in [0.25, 0.3) is 0 Å². The summed E-state index contributed by atoms with van der Waals surface area (Å²) in [6.45, 7) is 10.4. The molecule has 1 aliphatic carbocycles. The van der Waals surface area contributed by atoms with Gasteiger partial charge < -0.3 is 10.6 Å². The smallest absolute Gasteiger partial charge is 0.191 e. The Labute approximate surface area is 146 Å². The molecule has 1 saturated carbocycles. The minimum absolute atomic E-state index is 0. The highest BCUT2D eigenvalue weighted by Crippen LogP contribution is 2.22. The summed E-state index contributed by atoms with van der Waals surface area (Å²) in [5.41, 5.74) is 2.84. The molecule has 1 aliphatic rings. The number of nitrogens with one attached hydrogen (secondary N) is 2. The zero-order valence-electron chi connectivity index (χ0n) is 13.6. The van der Waals surface area contributed by atoms with Gasteiger partial charge in [-0.2, -0.15) is 0 Å². The molecule has 0 heterocycles. The monoisotopic (exact) mass is 401 g/mol. The third kappa shape index (κ3) is 6.24. The van der Waals surface area contributed by atoms with Gasteiger partial charge >= 0.3 is 0 Å². The molecule has 3 nitrogen and oxygen atoms in total. The van der Waals surface area contributed by atoms with Gasteiger partial charge in [-0.05, 0) is 36.3 Å². The van der Waals surface area contributed by atoms with E-state index in [1.54, 1.807) is 0 Å². The third-order valence-electron chi connectivity index (χ3n) is 3.50. The highest BCUT2D eigenvalue weighted by Gasteiger charge is 2.22. The number of aliphatic imine (C=N–C) groups is 1. The number of nitrogens with zero attached hydrogens (tertiary/aromatic N) is 1. The summed E-state index contributed by atoms with van der Waals surface area (Å²) < 4.78 is 0. The molecule has 0 unspecified atom stereocenters. The predicted octanol–water partition coefficient (Wildman–Crippen LogP) is 3.82. The highest BCUT2D eigenvalue weighted by molar-refractivity contribution is 14.0. The average molecular weight is 401 g/mol. The molecule has 0 bridgehead atoms. The van der Waals surface area contributed by atoms with Crippen LogP contribution in [0.15, 0.2) is 29.3 Å². The van der Waals surface area contributed by atoms with Crippen molar-refractivity contribution in [2.45, 2.75) is 58.5 Å². The quantitative estimate of drug-likeness (QED) is 0.457. The van der Waals surface area contributed by atoms with Crippen LogP contribution in [0, 0.1) is 0 Å². The van der Waals surface area contributed by atoms with Crippen LogP contribution in [0.5, 0.6) is 0 Å². The first-order valence-electron chi connectivity index (χ1n) is 7.63. The van der Waals surface area contributed by atoms with Gasteiger partial charge in [0.1, 0.15) is 0 Å². The Morgan fingerprint density at radius 3 is 2.29 bits per heavy atom. The normalized spacial score (nSPS) is 15.3. The first-order valence-corrected chi connectivity index (χ1v) is 7.63. The van der Waals surface area contributed by atoms with Crippen LogP contribution in [-0.4, -0.2) is 18.5 Å². The number of hydrogen-bond acceptors (Lipinski definition) is 1. The van der Waals surface area contributed by atoms with Gasteiger partial charge in [-0.25, -0.2) is 4.99 Å². The largest absolute Gasteiger partial charge is 0.357 e. The lowest BCUT2D eigenvalue weighted by Crippen LogP contribution is -2.38. The predicted molar refractivity (Wildman–Crippen MR) is 102 cm³/mol. The van der Waals surface area contributed by atoms with Gasteiger partial charge in [-0.1, -0.05) is 45.0 Å². The molecule has 0 aliphatic heterocycles. The van der Waals surface area contributed by atoms with Crippen LogP contribution in [0.2, 0.25) is 0 Å². The number of rotatable bonds is 4. The molecule has 0 atom stereocenters. The number of benzene rings is 1. The summed E-state index contributed by atoms with van der Waals surface area (Å²) in [5.74, 6) is 0.940. The molecule has 1 aromatic rings. The summed E-state index contributed by atoms with van der Waals surface area (Å²) in [7, 11) is 0. The zero-order chi connectivity index (χ0) is 14.6. The Bertz CT molecular complexity index is 456. The van der Waals surface area contributed by atoms with Crippen molar-refractivity contribution >= 4 is 29.9 Å². The van der Waals surface area contributed by atoms with Crippen LogP contribution < -0.4 is 10.6 Å². The standard InChI is InChI=1S/C17H27N3.HI/c1-5-18-16(20-15-10-11-15)19-12-13-6-8-14(9-7-13)17(2,3)4;/h6-9,15H,5,10-12H2,1-4H3,(H2,18,19,20);1H. The van der Waals surface area contributed by atoms with Crippen molar-refractivity contribution in [1.82, 2.24) is 10.6 Å². The van der Waals surface area contributed by atoms with E-state index in [2.05, 4.69) is 67.6 Å². The highest BCUT2D eigenvalue weighted by atomic mass is 127. The minimum Gasteiger partial charge on any atom is -0.357 e. The fourth-order valence-electron chi connectivity index (χ4n) is 2.02. The Kier molecular flexibility index (Phi) is 6.97. The maximum absolute atomic E-state index is 4.65. The van der Waals surface area contributed by atoms with Gasteiger partial charge in [0.05, 0.1) is 6.54 Å². The summed E-state index contributed by atoms with van der Waals surface area (Å²) >= 11 is 0. The van der Waals surface area contributed by atoms with Crippen molar-refractivity contribution in [1.29, 1.82) is 0 Å². The van der Waals surface area contributed by atoms with E-state index in [0.29, 0.717) is 6.04 Å². The van der Waals surface area contributed by atoms with Crippen LogP contribution in [0.4, 0.5) is 0 Å². The van der Waals surface area contributed by atoms with E-state index in [-0.39, 0.29) is 29.4 Å². The maximum atomic E-state index is 4.65. The van der Waals surface area contributed by atoms with E-state index in [1.165, 1.54) is 24.0 Å². The molecule has 0 radical (unpaired) electrons. The Balaban J connectivity index is 0.00000220. The molecular formula is C17H28IN3. The van der Waals surface area contributed by atoms with E-state index in [4.69, 9.17) is 0 Å². The van der Waals surface area contributed by atoms with Gasteiger partial charge in [0, 0.05) is 12.6 Å². The lowest BCUT2D eigenvalue weighted by Gasteiger charge is -2.19. The second-order valence-corrected chi connectivity index (χ2v) is 6.56. The second kappa shape index (κ2) is 8.01. The molecule has 0 amide bonds. The van der Waals surface area contributed by atoms with Crippen LogP contribution in [0.3, 0.4) is 0 Å². The van der Waals surface area contributed by atoms with Gasteiger partial charge in [-0.3, -0.25) is 0 Å². The molecule has 1 fully saturated rings. The molecule has 0 aromatic heterocycles. The molecule has 1 aromatic carbocycles. The van der Waals surface area contributed by atoms with Gasteiger partial charge in [0.2, 0.25) is 0 Å². The van der Waals surface area contributed by atoms with E-state index in [9.17, 15) is 0 Å². The summed E-state index contributed by atoms with van der Waals surface area (Å²) in [6.07, 6.45) is 2.54. The fourth-order valence-corrected chi connectivity index (χ4v) is 2.02. The second-order valence-electron chi connectivity index (χ2n) is 6.56. The zero-order valence-corrected chi connectivity index (χ0v) is 15.9. The van der Waals surface area contributed by atoms with Crippen molar-refractivity contribution in [2.75, 3.05) is 6.54 Å². The first kappa shape index (κ1) is 18.3. The van der Waals surface area contributed by atoms with E-state index in [1.807, 2.05) is 0 Å². The molecule has 4 heteroatoms. The summed E-state index contributed by atoms with van der Waals surface area (Å²) in [5, 5.41) is 6.74. The van der Waals surface area contributed by atoms with Crippen LogP contribution in [0.1, 0.15) is 51.7 Å². The third-order valence-corrected chi connectivity index (χ3v) is 3.50. The number of hydrogen-bond donors (Lipinski definition) is 2. The lowest BCUT2D eigenvalue weighted by atomic mass is 9.87. The van der Waals surface area contributed by atoms with Crippen molar-refractivity contribution in [3.8, 4) is 0 Å². The topological polar surface area (TPSA) is 36.4 Å². The average Bonchev–Trinajstić information content (AvgIpc) is 3.20. The van der Waals surface area contributed by atoms with Crippen molar-refractivity contribution in [2.24, 2.45) is 4.99 Å². The van der Waals surface area contributed by atoms with Crippen LogP contribution >= 0.6 is 24.0 Å². The van der Waals surface area contributed by atoms with Gasteiger partial charge in [0.15, 0.2) is 5.96 Å². The Morgan fingerprint density at radius 2 is 1.81 bits per heavy atom. The SMILES string of the molecule is CCNC(=NCc1ccc(C(C)(C)C)cc1)NC1CC1.I.